The third-order valence-corrected chi connectivity index (χ3v) is 5.99. The van der Waals surface area contributed by atoms with Gasteiger partial charge in [-0.1, -0.05) is 17.6 Å². The Morgan fingerprint density at radius 2 is 2.13 bits per heavy atom. The zero-order valence-corrected chi connectivity index (χ0v) is 18.5. The zero-order chi connectivity index (χ0) is 22.2. The van der Waals surface area contributed by atoms with E-state index in [0.29, 0.717) is 42.4 Å². The number of hydrogen-bond donors (Lipinski definition) is 2. The second-order valence-corrected chi connectivity index (χ2v) is 8.27. The number of nitriles is 1. The van der Waals surface area contributed by atoms with E-state index in [1.54, 1.807) is 25.2 Å². The summed E-state index contributed by atoms with van der Waals surface area (Å²) in [4.78, 5) is 32.0. The van der Waals surface area contributed by atoms with E-state index in [9.17, 15) is 9.59 Å². The average molecular weight is 440 g/mol. The van der Waals surface area contributed by atoms with Gasteiger partial charge in [-0.25, -0.2) is 0 Å². The summed E-state index contributed by atoms with van der Waals surface area (Å²) in [6.45, 7) is 4.15. The van der Waals surface area contributed by atoms with Gasteiger partial charge in [0.1, 0.15) is 11.6 Å². The highest BCUT2D eigenvalue weighted by molar-refractivity contribution is 7.13. The van der Waals surface area contributed by atoms with Crippen molar-refractivity contribution in [3.05, 3.63) is 56.1 Å². The minimum Gasteiger partial charge on any atom is -0.356 e. The Balaban J connectivity index is 1.34. The molecule has 0 fully saturated rings. The third kappa shape index (κ3) is 5.89. The van der Waals surface area contributed by atoms with Crippen LogP contribution in [-0.4, -0.2) is 27.6 Å². The number of carbonyl (C=O) groups excluding carboxylic acids is 1. The lowest BCUT2D eigenvalue weighted by atomic mass is 9.99. The lowest BCUT2D eigenvalue weighted by Crippen LogP contribution is -2.25. The molecular weight excluding hydrogens is 414 g/mol. The SMILES string of the molecule is Cc1[nH]c(=O)c(C#N)c(C)c1CCC(=O)NCCCCCc1nc(-c2cccs2)no1. The molecule has 0 spiro atoms. The van der Waals surface area contributed by atoms with Crippen molar-refractivity contribution in [2.24, 2.45) is 0 Å². The van der Waals surface area contributed by atoms with Crippen LogP contribution in [0.4, 0.5) is 0 Å². The van der Waals surface area contributed by atoms with E-state index in [2.05, 4.69) is 20.4 Å². The van der Waals surface area contributed by atoms with Crippen molar-refractivity contribution in [3.8, 4) is 16.8 Å². The summed E-state index contributed by atoms with van der Waals surface area (Å²) >= 11 is 1.58. The van der Waals surface area contributed by atoms with Crippen LogP contribution < -0.4 is 10.9 Å². The van der Waals surface area contributed by atoms with Gasteiger partial charge < -0.3 is 14.8 Å². The molecule has 1 amide bonds. The number of aromatic nitrogens is 3. The summed E-state index contributed by atoms with van der Waals surface area (Å²) in [6, 6.07) is 5.85. The van der Waals surface area contributed by atoms with Gasteiger partial charge >= 0.3 is 0 Å². The topological polar surface area (TPSA) is 125 Å². The van der Waals surface area contributed by atoms with E-state index in [4.69, 9.17) is 9.78 Å². The Morgan fingerprint density at radius 1 is 1.29 bits per heavy atom. The minimum atomic E-state index is -0.381. The van der Waals surface area contributed by atoms with Crippen LogP contribution in [0.15, 0.2) is 26.8 Å². The van der Waals surface area contributed by atoms with Crippen LogP contribution in [0.1, 0.15) is 54.0 Å². The maximum atomic E-state index is 12.1. The lowest BCUT2D eigenvalue weighted by molar-refractivity contribution is -0.121. The van der Waals surface area contributed by atoms with Gasteiger partial charge in [-0.3, -0.25) is 9.59 Å². The molecule has 3 aromatic heterocycles. The molecule has 0 aliphatic heterocycles. The fourth-order valence-corrected chi connectivity index (χ4v) is 4.06. The molecule has 3 rings (SSSR count). The number of aromatic amines is 1. The monoisotopic (exact) mass is 439 g/mol. The molecule has 0 aliphatic rings. The fourth-order valence-electron chi connectivity index (χ4n) is 3.42. The highest BCUT2D eigenvalue weighted by Gasteiger charge is 2.13. The van der Waals surface area contributed by atoms with E-state index in [0.717, 1.165) is 36.1 Å². The number of hydrogen-bond acceptors (Lipinski definition) is 7. The van der Waals surface area contributed by atoms with Crippen molar-refractivity contribution in [3.63, 3.8) is 0 Å². The van der Waals surface area contributed by atoms with Gasteiger partial charge in [-0.15, -0.1) is 11.3 Å². The summed E-state index contributed by atoms with van der Waals surface area (Å²) in [5.41, 5.74) is 1.95. The van der Waals surface area contributed by atoms with Crippen LogP contribution in [-0.2, 0) is 17.6 Å². The molecule has 162 valence electrons. The summed E-state index contributed by atoms with van der Waals surface area (Å²) in [5.74, 6) is 1.23. The van der Waals surface area contributed by atoms with Crippen molar-refractivity contribution >= 4 is 17.2 Å². The molecule has 0 aromatic carbocycles. The fraction of sp³-hybridized carbons (Fsp3) is 0.409. The molecule has 9 heteroatoms. The average Bonchev–Trinajstić information content (AvgIpc) is 3.42. The Kier molecular flexibility index (Phi) is 7.73. The number of pyridine rings is 1. The highest BCUT2D eigenvalue weighted by Crippen LogP contribution is 2.21. The molecule has 0 atom stereocenters. The normalized spacial score (nSPS) is 10.7. The molecule has 0 aliphatic carbocycles. The van der Waals surface area contributed by atoms with Crippen molar-refractivity contribution in [1.82, 2.24) is 20.4 Å². The largest absolute Gasteiger partial charge is 0.356 e. The quantitative estimate of drug-likeness (QED) is 0.466. The Hall–Kier alpha value is -3.25. The van der Waals surface area contributed by atoms with Gasteiger partial charge in [0.15, 0.2) is 0 Å². The lowest BCUT2D eigenvalue weighted by Gasteiger charge is -2.11. The zero-order valence-electron chi connectivity index (χ0n) is 17.7. The predicted octanol–water partition coefficient (Wildman–Crippen LogP) is 3.44. The molecule has 0 unspecified atom stereocenters. The van der Waals surface area contributed by atoms with Crippen molar-refractivity contribution in [2.75, 3.05) is 6.54 Å². The van der Waals surface area contributed by atoms with Crippen LogP contribution >= 0.6 is 11.3 Å². The molecule has 0 saturated carbocycles. The van der Waals surface area contributed by atoms with Gasteiger partial charge in [0, 0.05) is 25.1 Å². The first-order chi connectivity index (χ1) is 15.0. The minimum absolute atomic E-state index is 0.0407. The number of amides is 1. The molecule has 8 nitrogen and oxygen atoms in total. The van der Waals surface area contributed by atoms with Crippen LogP contribution in [0, 0.1) is 25.2 Å². The van der Waals surface area contributed by atoms with Crippen molar-refractivity contribution in [1.29, 1.82) is 5.26 Å². The molecule has 31 heavy (non-hydrogen) atoms. The van der Waals surface area contributed by atoms with E-state index < -0.39 is 0 Å². The van der Waals surface area contributed by atoms with E-state index in [-0.39, 0.29) is 17.0 Å². The second-order valence-electron chi connectivity index (χ2n) is 7.32. The first-order valence-corrected chi connectivity index (χ1v) is 11.1. The molecule has 0 bridgehead atoms. The number of unbranched alkanes of at least 4 members (excludes halogenated alkanes) is 2. The number of rotatable bonds is 10. The number of nitrogens with one attached hydrogen (secondary N) is 2. The first kappa shape index (κ1) is 22.4. The maximum Gasteiger partial charge on any atom is 0.266 e. The van der Waals surface area contributed by atoms with Crippen molar-refractivity contribution < 1.29 is 9.32 Å². The van der Waals surface area contributed by atoms with Gasteiger partial charge in [0.25, 0.3) is 5.56 Å². The molecule has 3 aromatic rings. The standard InChI is InChI=1S/C22H25N5O3S/c1-14-16(15(2)25-22(29)17(14)13-23)9-10-19(28)24-11-5-3-4-8-20-26-21(27-30-20)18-7-6-12-31-18/h6-7,12H,3-5,8-11H2,1-2H3,(H,24,28)(H,25,29). The van der Waals surface area contributed by atoms with Crippen molar-refractivity contribution in [2.45, 2.75) is 52.4 Å². The number of thiophene rings is 1. The predicted molar refractivity (Wildman–Crippen MR) is 118 cm³/mol. The molecule has 2 N–H and O–H groups in total. The summed E-state index contributed by atoms with van der Waals surface area (Å²) in [7, 11) is 0. The Bertz CT molecular complexity index is 1130. The summed E-state index contributed by atoms with van der Waals surface area (Å²) in [6.07, 6.45) is 4.24. The van der Waals surface area contributed by atoms with E-state index in [1.165, 1.54) is 0 Å². The van der Waals surface area contributed by atoms with Gasteiger partial charge in [-0.2, -0.15) is 10.2 Å². The summed E-state index contributed by atoms with van der Waals surface area (Å²) in [5, 5.41) is 18.0. The first-order valence-electron chi connectivity index (χ1n) is 10.2. The smallest absolute Gasteiger partial charge is 0.266 e. The number of H-pyrrole nitrogens is 1. The van der Waals surface area contributed by atoms with Crippen LogP contribution in [0.2, 0.25) is 0 Å². The van der Waals surface area contributed by atoms with Gasteiger partial charge in [-0.05, 0) is 55.7 Å². The van der Waals surface area contributed by atoms with Crippen LogP contribution in [0.5, 0.6) is 0 Å². The molecule has 0 saturated heterocycles. The second kappa shape index (κ2) is 10.7. The van der Waals surface area contributed by atoms with Crippen LogP contribution in [0.3, 0.4) is 0 Å². The number of carbonyl (C=O) groups is 1. The highest BCUT2D eigenvalue weighted by atomic mass is 32.1. The van der Waals surface area contributed by atoms with E-state index in [1.807, 2.05) is 23.6 Å². The molecule has 0 radical (unpaired) electrons. The molecular formula is C22H25N5O3S. The number of aryl methyl sites for hydroxylation is 2. The Morgan fingerprint density at radius 3 is 2.87 bits per heavy atom. The van der Waals surface area contributed by atoms with E-state index >= 15 is 0 Å². The van der Waals surface area contributed by atoms with Crippen LogP contribution in [0.25, 0.3) is 10.7 Å². The molecule has 3 heterocycles. The van der Waals surface area contributed by atoms with Gasteiger partial charge in [0.2, 0.25) is 17.6 Å². The maximum absolute atomic E-state index is 12.1. The Labute approximate surface area is 184 Å². The third-order valence-electron chi connectivity index (χ3n) is 5.12. The van der Waals surface area contributed by atoms with Gasteiger partial charge in [0.05, 0.1) is 4.88 Å². The summed E-state index contributed by atoms with van der Waals surface area (Å²) < 4.78 is 5.28. The number of nitrogens with zero attached hydrogens (tertiary/aromatic N) is 3.